The predicted molar refractivity (Wildman–Crippen MR) is 109 cm³/mol. The lowest BCUT2D eigenvalue weighted by Gasteiger charge is -2.47. The third-order valence-corrected chi connectivity index (χ3v) is 6.90. The number of carbonyl (C=O) groups excluding carboxylic acids is 1. The summed E-state index contributed by atoms with van der Waals surface area (Å²) >= 11 is 0. The lowest BCUT2D eigenvalue weighted by molar-refractivity contribution is -0.135. The standard InChI is InChI=1S/C21H27N7O2/c29-20-13-18(15-30-20)27-11-6-21(7-12-27)4-9-26(10-5-21)8-3-17-1-2-19(22-14-17)28-16-23-24-25-28/h1-2,13-14,16H,3-12,15H2. The molecule has 2 fully saturated rings. The quantitative estimate of drug-likeness (QED) is 0.681. The van der Waals surface area contributed by atoms with Gasteiger partial charge in [-0.25, -0.2) is 9.78 Å². The van der Waals surface area contributed by atoms with Crippen LogP contribution in [-0.4, -0.2) is 80.3 Å². The Balaban J connectivity index is 1.08. The molecule has 0 bridgehead atoms. The van der Waals surface area contributed by atoms with Crippen LogP contribution in [0.1, 0.15) is 31.2 Å². The average molecular weight is 409 g/mol. The second kappa shape index (κ2) is 8.14. The summed E-state index contributed by atoms with van der Waals surface area (Å²) in [7, 11) is 0. The van der Waals surface area contributed by atoms with Gasteiger partial charge >= 0.3 is 5.97 Å². The fourth-order valence-corrected chi connectivity index (χ4v) is 4.82. The molecular formula is C21H27N7O2. The number of likely N-dealkylation sites (tertiary alicyclic amines) is 2. The van der Waals surface area contributed by atoms with Crippen LogP contribution in [-0.2, 0) is 16.0 Å². The van der Waals surface area contributed by atoms with Crippen molar-refractivity contribution in [1.82, 2.24) is 35.0 Å². The van der Waals surface area contributed by atoms with Crippen LogP contribution in [0, 0.1) is 5.41 Å². The van der Waals surface area contributed by atoms with Gasteiger partial charge in [-0.15, -0.1) is 5.10 Å². The van der Waals surface area contributed by atoms with Gasteiger partial charge in [0.2, 0.25) is 0 Å². The molecule has 0 aliphatic carbocycles. The zero-order valence-electron chi connectivity index (χ0n) is 17.1. The van der Waals surface area contributed by atoms with Gasteiger partial charge in [0.05, 0.1) is 5.70 Å². The number of rotatable bonds is 5. The third-order valence-electron chi connectivity index (χ3n) is 6.90. The molecule has 1 spiro atoms. The van der Waals surface area contributed by atoms with Crippen LogP contribution in [0.25, 0.3) is 5.82 Å². The lowest BCUT2D eigenvalue weighted by atomic mass is 9.71. The van der Waals surface area contributed by atoms with Crippen molar-refractivity contribution >= 4 is 5.97 Å². The molecule has 2 saturated heterocycles. The van der Waals surface area contributed by atoms with Gasteiger partial charge in [0.25, 0.3) is 0 Å². The zero-order chi connectivity index (χ0) is 20.4. The second-order valence-electron chi connectivity index (χ2n) is 8.60. The number of hydrogen-bond acceptors (Lipinski definition) is 8. The number of aromatic nitrogens is 5. The summed E-state index contributed by atoms with van der Waals surface area (Å²) in [5.74, 6) is 0.540. The Morgan fingerprint density at radius 1 is 1.07 bits per heavy atom. The van der Waals surface area contributed by atoms with Crippen molar-refractivity contribution in [2.45, 2.75) is 32.1 Å². The Kier molecular flexibility index (Phi) is 5.20. The molecule has 5 heterocycles. The first-order valence-corrected chi connectivity index (χ1v) is 10.7. The van der Waals surface area contributed by atoms with Gasteiger partial charge < -0.3 is 14.5 Å². The average Bonchev–Trinajstić information content (AvgIpc) is 3.47. The Labute approximate surface area is 175 Å². The maximum atomic E-state index is 11.3. The van der Waals surface area contributed by atoms with E-state index in [1.165, 1.54) is 44.3 Å². The van der Waals surface area contributed by atoms with Crippen molar-refractivity contribution in [3.63, 3.8) is 0 Å². The Hall–Kier alpha value is -2.81. The monoisotopic (exact) mass is 409 g/mol. The highest BCUT2D eigenvalue weighted by Gasteiger charge is 2.38. The minimum atomic E-state index is -0.196. The maximum Gasteiger partial charge on any atom is 0.333 e. The van der Waals surface area contributed by atoms with Crippen LogP contribution in [0.15, 0.2) is 36.4 Å². The molecule has 0 unspecified atom stereocenters. The highest BCUT2D eigenvalue weighted by Crippen LogP contribution is 2.42. The molecule has 3 aliphatic heterocycles. The van der Waals surface area contributed by atoms with Gasteiger partial charge in [0, 0.05) is 31.9 Å². The summed E-state index contributed by atoms with van der Waals surface area (Å²) in [4.78, 5) is 20.7. The van der Waals surface area contributed by atoms with Crippen LogP contribution in [0.3, 0.4) is 0 Å². The number of esters is 1. The third kappa shape index (κ3) is 4.07. The van der Waals surface area contributed by atoms with E-state index in [1.54, 1.807) is 17.1 Å². The maximum absolute atomic E-state index is 11.3. The molecule has 0 atom stereocenters. The predicted octanol–water partition coefficient (Wildman–Crippen LogP) is 1.22. The zero-order valence-corrected chi connectivity index (χ0v) is 17.1. The minimum absolute atomic E-state index is 0.196. The van der Waals surface area contributed by atoms with Gasteiger partial charge in [-0.3, -0.25) is 0 Å². The normalized spacial score (nSPS) is 21.7. The Bertz CT molecular complexity index is 892. The van der Waals surface area contributed by atoms with Gasteiger partial charge in [-0.1, -0.05) is 6.07 Å². The van der Waals surface area contributed by atoms with E-state index in [0.717, 1.165) is 37.6 Å². The number of nitrogens with zero attached hydrogens (tertiary/aromatic N) is 7. The van der Waals surface area contributed by atoms with Crippen molar-refractivity contribution < 1.29 is 9.53 Å². The van der Waals surface area contributed by atoms with Crippen molar-refractivity contribution in [3.05, 3.63) is 42.0 Å². The van der Waals surface area contributed by atoms with E-state index in [9.17, 15) is 4.79 Å². The first-order chi connectivity index (χ1) is 14.7. The summed E-state index contributed by atoms with van der Waals surface area (Å²) < 4.78 is 6.63. The Morgan fingerprint density at radius 3 is 2.50 bits per heavy atom. The topological polar surface area (TPSA) is 89.3 Å². The molecule has 3 aliphatic rings. The first kappa shape index (κ1) is 19.2. The molecule has 30 heavy (non-hydrogen) atoms. The number of hydrogen-bond donors (Lipinski definition) is 0. The molecule has 0 saturated carbocycles. The lowest BCUT2D eigenvalue weighted by Crippen LogP contribution is -2.47. The molecule has 158 valence electrons. The van der Waals surface area contributed by atoms with Crippen molar-refractivity contribution in [1.29, 1.82) is 0 Å². The SMILES string of the molecule is O=C1C=C(N2CCC3(CCN(CCc4ccc(-n5cnnn5)nc4)CC3)CC2)CO1. The highest BCUT2D eigenvalue weighted by molar-refractivity contribution is 5.85. The molecule has 0 amide bonds. The minimum Gasteiger partial charge on any atom is -0.456 e. The number of pyridine rings is 1. The number of ether oxygens (including phenoxy) is 1. The summed E-state index contributed by atoms with van der Waals surface area (Å²) in [6.07, 6.45) is 11.1. The summed E-state index contributed by atoms with van der Waals surface area (Å²) in [6.45, 7) is 5.94. The fraction of sp³-hybridized carbons (Fsp3) is 0.571. The molecule has 0 aromatic carbocycles. The van der Waals surface area contributed by atoms with Gasteiger partial charge in [0.15, 0.2) is 5.82 Å². The molecule has 9 nitrogen and oxygen atoms in total. The number of piperidine rings is 2. The van der Waals surface area contributed by atoms with Crippen LogP contribution in [0.4, 0.5) is 0 Å². The number of carbonyl (C=O) groups is 1. The molecule has 9 heteroatoms. The van der Waals surface area contributed by atoms with E-state index < -0.39 is 0 Å². The summed E-state index contributed by atoms with van der Waals surface area (Å²) in [5.41, 5.74) is 2.78. The van der Waals surface area contributed by atoms with E-state index in [4.69, 9.17) is 4.74 Å². The van der Waals surface area contributed by atoms with Crippen molar-refractivity contribution in [2.24, 2.45) is 5.41 Å². The van der Waals surface area contributed by atoms with Gasteiger partial charge in [-0.2, -0.15) is 4.68 Å². The first-order valence-electron chi connectivity index (χ1n) is 10.7. The molecule has 5 rings (SSSR count). The smallest absolute Gasteiger partial charge is 0.333 e. The van der Waals surface area contributed by atoms with Crippen molar-refractivity contribution in [3.8, 4) is 5.82 Å². The van der Waals surface area contributed by atoms with E-state index in [0.29, 0.717) is 12.0 Å². The molecule has 0 radical (unpaired) electrons. The van der Waals surface area contributed by atoms with Crippen LogP contribution in [0.5, 0.6) is 0 Å². The van der Waals surface area contributed by atoms with Crippen LogP contribution < -0.4 is 0 Å². The van der Waals surface area contributed by atoms with Crippen LogP contribution >= 0.6 is 0 Å². The molecule has 2 aromatic heterocycles. The molecule has 2 aromatic rings. The van der Waals surface area contributed by atoms with Gasteiger partial charge in [0.1, 0.15) is 12.9 Å². The summed E-state index contributed by atoms with van der Waals surface area (Å²) in [5, 5.41) is 11.2. The Morgan fingerprint density at radius 2 is 1.87 bits per heavy atom. The van der Waals surface area contributed by atoms with E-state index >= 15 is 0 Å². The highest BCUT2D eigenvalue weighted by atomic mass is 16.5. The van der Waals surface area contributed by atoms with E-state index in [-0.39, 0.29) is 5.97 Å². The number of tetrazole rings is 1. The van der Waals surface area contributed by atoms with Gasteiger partial charge in [-0.05, 0) is 72.7 Å². The second-order valence-corrected chi connectivity index (χ2v) is 8.60. The summed E-state index contributed by atoms with van der Waals surface area (Å²) in [6, 6.07) is 4.07. The molecule has 0 N–H and O–H groups in total. The van der Waals surface area contributed by atoms with E-state index in [1.807, 2.05) is 12.3 Å². The molecular weight excluding hydrogens is 382 g/mol. The van der Waals surface area contributed by atoms with Crippen LogP contribution in [0.2, 0.25) is 0 Å². The largest absolute Gasteiger partial charge is 0.456 e. The number of cyclic esters (lactones) is 1. The van der Waals surface area contributed by atoms with E-state index in [2.05, 4.69) is 36.4 Å². The fourth-order valence-electron chi connectivity index (χ4n) is 4.82. The van der Waals surface area contributed by atoms with Crippen molar-refractivity contribution in [2.75, 3.05) is 39.3 Å².